The first-order chi connectivity index (χ1) is 15.2. The third-order valence-electron chi connectivity index (χ3n) is 10.8. The zero-order valence-corrected chi connectivity index (χ0v) is 19.1. The van der Waals surface area contributed by atoms with Crippen LogP contribution >= 0.6 is 0 Å². The lowest BCUT2D eigenvalue weighted by atomic mass is 9.45. The van der Waals surface area contributed by atoms with Crippen LogP contribution in [0, 0.1) is 40.4 Å². The molecule has 1 amide bonds. The molecular formula is C27H35NO4. The topological polar surface area (TPSA) is 86.6 Å². The molecule has 0 unspecified atom stereocenters. The van der Waals surface area contributed by atoms with Crippen molar-refractivity contribution in [1.29, 1.82) is 0 Å². The Hall–Kier alpha value is -1.72. The van der Waals surface area contributed by atoms with Crippen LogP contribution in [0.2, 0.25) is 0 Å². The summed E-state index contributed by atoms with van der Waals surface area (Å²) in [7, 11) is 0. The zero-order chi connectivity index (χ0) is 22.5. The molecule has 5 nitrogen and oxygen atoms in total. The second-order valence-corrected chi connectivity index (χ2v) is 12.0. The molecule has 3 N–H and O–H groups in total. The lowest BCUT2D eigenvalue weighted by Gasteiger charge is -2.60. The van der Waals surface area contributed by atoms with Crippen molar-refractivity contribution in [3.05, 3.63) is 29.8 Å². The molecule has 5 aliphatic rings. The van der Waals surface area contributed by atoms with Crippen LogP contribution in [0.1, 0.15) is 70.8 Å². The monoisotopic (exact) mass is 437 g/mol. The van der Waals surface area contributed by atoms with Gasteiger partial charge in [-0.25, -0.2) is 0 Å². The van der Waals surface area contributed by atoms with Gasteiger partial charge in [0.1, 0.15) is 5.78 Å². The number of carbonyl (C=O) groups excluding carboxylic acids is 2. The van der Waals surface area contributed by atoms with Crippen LogP contribution in [0.4, 0.5) is 5.69 Å². The number of hydrogen-bond donors (Lipinski definition) is 3. The van der Waals surface area contributed by atoms with Gasteiger partial charge in [-0.15, -0.1) is 0 Å². The molecule has 0 radical (unpaired) electrons. The zero-order valence-electron chi connectivity index (χ0n) is 19.1. The molecule has 9 atom stereocenters. The van der Waals surface area contributed by atoms with Crippen LogP contribution in [0.5, 0.6) is 0 Å². The number of anilines is 1. The van der Waals surface area contributed by atoms with E-state index in [1.54, 1.807) is 12.1 Å². The van der Waals surface area contributed by atoms with Crippen LogP contribution in [-0.4, -0.2) is 28.0 Å². The first kappa shape index (κ1) is 20.9. The summed E-state index contributed by atoms with van der Waals surface area (Å²) in [6.45, 7) is 4.54. The number of nitrogens with one attached hydrogen (secondary N) is 1. The predicted molar refractivity (Wildman–Crippen MR) is 121 cm³/mol. The number of rotatable bonds is 1. The number of aliphatic hydroxyl groups excluding tert-OH is 1. The van der Waals surface area contributed by atoms with E-state index in [9.17, 15) is 19.8 Å². The third kappa shape index (κ3) is 2.47. The number of hydrogen-bond acceptors (Lipinski definition) is 4. The molecule has 4 fully saturated rings. The fourth-order valence-corrected chi connectivity index (χ4v) is 9.03. The van der Waals surface area contributed by atoms with E-state index in [-0.39, 0.29) is 23.2 Å². The van der Waals surface area contributed by atoms with E-state index in [2.05, 4.69) is 19.2 Å². The maximum Gasteiger partial charge on any atom is 0.261 e. The van der Waals surface area contributed by atoms with Crippen molar-refractivity contribution in [3.8, 4) is 0 Å². The maximum absolute atomic E-state index is 13.9. The molecular weight excluding hydrogens is 402 g/mol. The van der Waals surface area contributed by atoms with E-state index in [0.29, 0.717) is 35.4 Å². The summed E-state index contributed by atoms with van der Waals surface area (Å²) >= 11 is 0. The fraction of sp³-hybridized carbons (Fsp3) is 0.704. The number of ketones is 1. The first-order valence-electron chi connectivity index (χ1n) is 12.6. The van der Waals surface area contributed by atoms with Crippen molar-refractivity contribution >= 4 is 17.4 Å². The second kappa shape index (κ2) is 6.66. The largest absolute Gasteiger partial charge is 0.393 e. The standard InChI is InChI=1S/C27H35NO4/c1-25-11-9-16(29)13-15(25)7-8-17-18(25)10-12-26(2)20(17)14-21(23(26)30)27(32)19-5-3-4-6-22(19)28-24(27)31/h3-6,15-18,20-21,29,32H,7-14H2,1-2H3,(H,28,31)/t15-,16-,17-,18+,20+,21+,25-,26-,27-/m0/s1. The van der Waals surface area contributed by atoms with Crippen molar-refractivity contribution in [1.82, 2.24) is 0 Å². The van der Waals surface area contributed by atoms with E-state index in [1.165, 1.54) is 0 Å². The minimum atomic E-state index is -1.76. The highest BCUT2D eigenvalue weighted by Gasteiger charge is 2.67. The van der Waals surface area contributed by atoms with Gasteiger partial charge in [0.15, 0.2) is 5.60 Å². The van der Waals surface area contributed by atoms with Gasteiger partial charge in [0.2, 0.25) is 0 Å². The lowest BCUT2D eigenvalue weighted by molar-refractivity contribution is -0.151. The van der Waals surface area contributed by atoms with Crippen LogP contribution in [0.25, 0.3) is 0 Å². The highest BCUT2D eigenvalue weighted by Crippen LogP contribution is 2.67. The first-order valence-corrected chi connectivity index (χ1v) is 12.6. The van der Waals surface area contributed by atoms with Gasteiger partial charge in [0.05, 0.1) is 12.0 Å². The maximum atomic E-state index is 13.9. The Bertz CT molecular complexity index is 992. The quantitative estimate of drug-likeness (QED) is 0.619. The molecule has 5 heteroatoms. The molecule has 172 valence electrons. The van der Waals surface area contributed by atoms with Crippen LogP contribution in [0.15, 0.2) is 24.3 Å². The molecule has 0 aromatic heterocycles. The SMILES string of the molecule is C[C@]12CC[C@H](O)C[C@@H]1CC[C@H]1[C@H]2CC[C@]2(C)C(=O)[C@H]([C@]3(O)C(=O)Nc4ccccc43)C[C@H]12. The number of amides is 1. The number of para-hydroxylation sites is 1. The summed E-state index contributed by atoms with van der Waals surface area (Å²) in [5.41, 5.74) is -0.812. The average Bonchev–Trinajstić information content (AvgIpc) is 3.20. The van der Waals surface area contributed by atoms with Gasteiger partial charge in [-0.2, -0.15) is 0 Å². The summed E-state index contributed by atoms with van der Waals surface area (Å²) in [5, 5.41) is 24.8. The molecule has 4 saturated carbocycles. The van der Waals surface area contributed by atoms with Crippen molar-refractivity contribution in [3.63, 3.8) is 0 Å². The summed E-state index contributed by atoms with van der Waals surface area (Å²) in [4.78, 5) is 26.9. The lowest BCUT2D eigenvalue weighted by Crippen LogP contribution is -2.54. The smallest absolute Gasteiger partial charge is 0.261 e. The predicted octanol–water partition coefficient (Wildman–Crippen LogP) is 4.03. The number of fused-ring (bicyclic) bond motifs is 6. The Morgan fingerprint density at radius 1 is 0.969 bits per heavy atom. The number of carbonyl (C=O) groups is 2. The molecule has 0 bridgehead atoms. The molecule has 1 aromatic carbocycles. The van der Waals surface area contributed by atoms with Gasteiger partial charge in [0, 0.05) is 16.7 Å². The number of Topliss-reactive ketones (excluding diaryl/α,β-unsaturated/α-hetero) is 1. The molecule has 6 rings (SSSR count). The summed E-state index contributed by atoms with van der Waals surface area (Å²) < 4.78 is 0. The Balaban J connectivity index is 1.35. The summed E-state index contributed by atoms with van der Waals surface area (Å²) in [5.74, 6) is 0.766. The molecule has 0 saturated heterocycles. The van der Waals surface area contributed by atoms with Crippen molar-refractivity contribution in [2.24, 2.45) is 40.4 Å². The molecule has 1 aromatic rings. The Morgan fingerprint density at radius 2 is 1.75 bits per heavy atom. The normalized spacial score (nSPS) is 49.6. The van der Waals surface area contributed by atoms with Gasteiger partial charge in [-0.05, 0) is 86.5 Å². The van der Waals surface area contributed by atoms with Crippen molar-refractivity contribution in [2.45, 2.75) is 76.9 Å². The van der Waals surface area contributed by atoms with E-state index < -0.39 is 22.8 Å². The average molecular weight is 438 g/mol. The summed E-state index contributed by atoms with van der Waals surface area (Å²) in [6.07, 6.45) is 7.41. The van der Waals surface area contributed by atoms with Crippen molar-refractivity contribution in [2.75, 3.05) is 5.32 Å². The van der Waals surface area contributed by atoms with E-state index >= 15 is 0 Å². The van der Waals surface area contributed by atoms with Gasteiger partial charge in [-0.1, -0.05) is 32.0 Å². The van der Waals surface area contributed by atoms with Crippen molar-refractivity contribution < 1.29 is 19.8 Å². The molecule has 1 heterocycles. The number of benzene rings is 1. The fourth-order valence-electron chi connectivity index (χ4n) is 9.03. The minimum Gasteiger partial charge on any atom is -0.393 e. The minimum absolute atomic E-state index is 0.0849. The van der Waals surface area contributed by atoms with E-state index in [0.717, 1.165) is 44.9 Å². The Kier molecular flexibility index (Phi) is 4.34. The highest BCUT2D eigenvalue weighted by atomic mass is 16.3. The van der Waals surface area contributed by atoms with Crippen LogP contribution < -0.4 is 5.32 Å². The van der Waals surface area contributed by atoms with Gasteiger partial charge >= 0.3 is 0 Å². The molecule has 32 heavy (non-hydrogen) atoms. The van der Waals surface area contributed by atoms with Gasteiger partial charge < -0.3 is 15.5 Å². The summed E-state index contributed by atoms with van der Waals surface area (Å²) in [6, 6.07) is 7.25. The molecule has 0 spiro atoms. The second-order valence-electron chi connectivity index (χ2n) is 12.0. The number of aliphatic hydroxyl groups is 2. The van der Waals surface area contributed by atoms with E-state index in [1.807, 2.05) is 12.1 Å². The van der Waals surface area contributed by atoms with E-state index in [4.69, 9.17) is 0 Å². The van der Waals surface area contributed by atoms with Crippen LogP contribution in [0.3, 0.4) is 0 Å². The highest BCUT2D eigenvalue weighted by molar-refractivity contribution is 6.09. The molecule has 1 aliphatic heterocycles. The van der Waals surface area contributed by atoms with Crippen LogP contribution in [-0.2, 0) is 15.2 Å². The molecule has 4 aliphatic carbocycles. The third-order valence-corrected chi connectivity index (χ3v) is 10.8. The Morgan fingerprint density at radius 3 is 2.56 bits per heavy atom. The van der Waals surface area contributed by atoms with Gasteiger partial charge in [0.25, 0.3) is 5.91 Å². The Labute approximate surface area is 190 Å². The van der Waals surface area contributed by atoms with Gasteiger partial charge in [-0.3, -0.25) is 9.59 Å².